The number of benzene rings is 1. The van der Waals surface area contributed by atoms with Gasteiger partial charge in [0.15, 0.2) is 0 Å². The first kappa shape index (κ1) is 13.5. The van der Waals surface area contributed by atoms with Gasteiger partial charge in [-0.25, -0.2) is 0 Å². The van der Waals surface area contributed by atoms with E-state index in [0.717, 1.165) is 5.69 Å². The third-order valence-electron chi connectivity index (χ3n) is 1.57. The molecule has 0 amide bonds. The van der Waals surface area contributed by atoms with Gasteiger partial charge in [-0.05, 0) is 18.0 Å². The van der Waals surface area contributed by atoms with Crippen LogP contribution >= 0.6 is 18.6 Å². The van der Waals surface area contributed by atoms with Gasteiger partial charge in [0, 0.05) is 6.21 Å². The molecule has 3 nitrogen and oxygen atoms in total. The molecule has 0 aliphatic rings. The SMILES string of the molecule is C(=Nc1ccccc1)c1ncc[n-]1.[Cl][Ti][Cl]. The van der Waals surface area contributed by atoms with Gasteiger partial charge in [0.1, 0.15) is 0 Å². The average molecular weight is 289 g/mol. The Kier molecular flexibility index (Phi) is 7.18. The molecular formula is C10H8Cl2N3Ti-. The molecule has 0 bridgehead atoms. The number of aliphatic imine (C=N–C) groups is 1. The zero-order chi connectivity index (χ0) is 11.6. The van der Waals surface area contributed by atoms with Gasteiger partial charge >= 0.3 is 35.6 Å². The van der Waals surface area contributed by atoms with Crippen LogP contribution in [0.3, 0.4) is 0 Å². The Balaban J connectivity index is 0.000000386. The summed E-state index contributed by atoms with van der Waals surface area (Å²) in [6.07, 6.45) is 4.94. The maximum atomic E-state index is 4.89. The summed E-state index contributed by atoms with van der Waals surface area (Å²) >= 11 is -0.556. The van der Waals surface area contributed by atoms with Crippen molar-refractivity contribution in [2.45, 2.75) is 0 Å². The van der Waals surface area contributed by atoms with Crippen molar-refractivity contribution in [1.82, 2.24) is 9.97 Å². The molecule has 2 aromatic rings. The van der Waals surface area contributed by atoms with E-state index < -0.39 is 17.0 Å². The first-order valence-corrected chi connectivity index (χ1v) is 8.65. The van der Waals surface area contributed by atoms with E-state index in [4.69, 9.17) is 18.6 Å². The van der Waals surface area contributed by atoms with Crippen molar-refractivity contribution in [2.75, 3.05) is 0 Å². The van der Waals surface area contributed by atoms with Crippen LogP contribution in [0.1, 0.15) is 5.82 Å². The van der Waals surface area contributed by atoms with E-state index in [9.17, 15) is 0 Å². The summed E-state index contributed by atoms with van der Waals surface area (Å²) < 4.78 is 0. The molecule has 0 saturated heterocycles. The summed E-state index contributed by atoms with van der Waals surface area (Å²) in [4.78, 5) is 12.1. The molecule has 0 saturated carbocycles. The van der Waals surface area contributed by atoms with Crippen LogP contribution in [0.5, 0.6) is 0 Å². The van der Waals surface area contributed by atoms with Crippen LogP contribution in [0.15, 0.2) is 47.7 Å². The second-order valence-corrected chi connectivity index (χ2v) is 5.16. The minimum atomic E-state index is -0.556. The Morgan fingerprint density at radius 2 is 1.94 bits per heavy atom. The number of aromatic nitrogens is 2. The predicted octanol–water partition coefficient (Wildman–Crippen LogP) is 3.17. The van der Waals surface area contributed by atoms with Crippen molar-refractivity contribution in [2.24, 2.45) is 4.99 Å². The van der Waals surface area contributed by atoms with Gasteiger partial charge in [-0.1, -0.05) is 30.6 Å². The first-order valence-electron chi connectivity index (χ1n) is 4.36. The number of nitrogens with zero attached hydrogens (tertiary/aromatic N) is 3. The normalized spacial score (nSPS) is 9.62. The molecule has 82 valence electrons. The van der Waals surface area contributed by atoms with Crippen molar-refractivity contribution < 1.29 is 17.0 Å². The van der Waals surface area contributed by atoms with Crippen molar-refractivity contribution in [3.63, 3.8) is 0 Å². The standard InChI is InChI=1S/C10H8N3.2ClH.Ti/c1-2-4-9(5-3-1)13-8-10-11-6-7-12-10;;;/h1-8H;2*1H;/q-1;;;+2/p-2. The number of hydrogen-bond acceptors (Lipinski definition) is 2. The minimum absolute atomic E-state index is 0.556. The Hall–Kier alpha value is -0.606. The second kappa shape index (κ2) is 8.54. The zero-order valence-electron chi connectivity index (χ0n) is 8.22. The van der Waals surface area contributed by atoms with E-state index >= 15 is 0 Å². The fourth-order valence-electron chi connectivity index (χ4n) is 0.966. The maximum absolute atomic E-state index is 4.89. The second-order valence-electron chi connectivity index (χ2n) is 2.58. The molecule has 0 aliphatic carbocycles. The Bertz CT molecular complexity index is 403. The fourth-order valence-corrected chi connectivity index (χ4v) is 0.966. The molecule has 0 spiro atoms. The number of para-hydroxylation sites is 1. The molecule has 1 aromatic carbocycles. The summed E-state index contributed by atoms with van der Waals surface area (Å²) in [6, 6.07) is 9.70. The number of hydrogen-bond donors (Lipinski definition) is 0. The molecular weight excluding hydrogens is 281 g/mol. The van der Waals surface area contributed by atoms with Gasteiger partial charge in [0.25, 0.3) is 0 Å². The van der Waals surface area contributed by atoms with Gasteiger partial charge in [0.05, 0.1) is 5.69 Å². The van der Waals surface area contributed by atoms with Crippen LogP contribution in [0.4, 0.5) is 5.69 Å². The van der Waals surface area contributed by atoms with E-state index in [0.29, 0.717) is 5.82 Å². The Morgan fingerprint density at radius 3 is 2.50 bits per heavy atom. The third-order valence-corrected chi connectivity index (χ3v) is 1.57. The van der Waals surface area contributed by atoms with Crippen LogP contribution in [0.25, 0.3) is 0 Å². The number of rotatable bonds is 2. The van der Waals surface area contributed by atoms with E-state index in [2.05, 4.69) is 15.0 Å². The van der Waals surface area contributed by atoms with Crippen molar-refractivity contribution >= 4 is 30.5 Å². The third kappa shape index (κ3) is 5.47. The summed E-state index contributed by atoms with van der Waals surface area (Å²) in [5.41, 5.74) is 0.910. The molecule has 0 atom stereocenters. The van der Waals surface area contributed by atoms with Gasteiger partial charge < -0.3 is 9.97 Å². The molecule has 0 N–H and O–H groups in total. The average Bonchev–Trinajstić information content (AvgIpc) is 2.82. The summed E-state index contributed by atoms with van der Waals surface area (Å²) in [5, 5.41) is 0. The van der Waals surface area contributed by atoms with Crippen molar-refractivity contribution in [3.8, 4) is 0 Å². The van der Waals surface area contributed by atoms with Gasteiger partial charge in [0.2, 0.25) is 0 Å². The molecule has 1 aromatic heterocycles. The van der Waals surface area contributed by atoms with Crippen LogP contribution in [0, 0.1) is 0 Å². The Labute approximate surface area is 111 Å². The molecule has 2 rings (SSSR count). The quantitative estimate of drug-likeness (QED) is 0.629. The molecule has 6 heteroatoms. The van der Waals surface area contributed by atoms with Gasteiger partial charge in [-0.15, -0.1) is 0 Å². The van der Waals surface area contributed by atoms with Crippen LogP contribution in [-0.4, -0.2) is 11.2 Å². The summed E-state index contributed by atoms with van der Waals surface area (Å²) in [7, 11) is 9.78. The topological polar surface area (TPSA) is 39.4 Å². The molecule has 0 unspecified atom stereocenters. The first-order chi connectivity index (χ1) is 7.86. The Morgan fingerprint density at radius 1 is 1.25 bits per heavy atom. The number of imidazole rings is 1. The summed E-state index contributed by atoms with van der Waals surface area (Å²) in [5.74, 6) is 0.642. The van der Waals surface area contributed by atoms with Crippen molar-refractivity contribution in [3.05, 3.63) is 48.5 Å². The molecule has 16 heavy (non-hydrogen) atoms. The predicted molar refractivity (Wildman–Crippen MR) is 63.0 cm³/mol. The van der Waals surface area contributed by atoms with Crippen LogP contribution in [0.2, 0.25) is 0 Å². The van der Waals surface area contributed by atoms with Gasteiger partial charge in [-0.2, -0.15) is 0 Å². The van der Waals surface area contributed by atoms with Gasteiger partial charge in [-0.3, -0.25) is 4.99 Å². The summed E-state index contributed by atoms with van der Waals surface area (Å²) in [6.45, 7) is 0. The van der Waals surface area contributed by atoms with Crippen molar-refractivity contribution in [1.29, 1.82) is 0 Å². The number of halogens is 2. The molecule has 0 fully saturated rings. The van der Waals surface area contributed by atoms with E-state index in [-0.39, 0.29) is 0 Å². The monoisotopic (exact) mass is 288 g/mol. The van der Waals surface area contributed by atoms with E-state index in [1.807, 2.05) is 30.3 Å². The zero-order valence-corrected chi connectivity index (χ0v) is 11.3. The molecule has 1 heterocycles. The fraction of sp³-hybridized carbons (Fsp3) is 0. The molecule has 0 aliphatic heterocycles. The molecule has 0 radical (unpaired) electrons. The van der Waals surface area contributed by atoms with Crippen LogP contribution in [-0.2, 0) is 17.0 Å². The van der Waals surface area contributed by atoms with E-state index in [1.54, 1.807) is 18.6 Å². The van der Waals surface area contributed by atoms with E-state index in [1.165, 1.54) is 0 Å². The van der Waals surface area contributed by atoms with Crippen LogP contribution < -0.4 is 4.98 Å².